The molecule has 19 heteroatoms. The first-order chi connectivity index (χ1) is 14.3. The largest absolute Gasteiger partial charge is 0.460 e. The maximum absolute atomic E-state index is 13.9. The summed E-state index contributed by atoms with van der Waals surface area (Å²) in [7, 11) is 0. The van der Waals surface area contributed by atoms with Gasteiger partial charge in [-0.15, -0.1) is 0 Å². The molecule has 1 fully saturated rings. The summed E-state index contributed by atoms with van der Waals surface area (Å²) in [5.74, 6) is -58.7. The third-order valence-corrected chi connectivity index (χ3v) is 5.97. The minimum absolute atomic E-state index is 0.118. The first-order valence-corrected chi connectivity index (χ1v) is 9.65. The van der Waals surface area contributed by atoms with Gasteiger partial charge in [0.1, 0.15) is 0 Å². The Hall–Kier alpha value is -0.500. The molecule has 0 unspecified atom stereocenters. The van der Waals surface area contributed by atoms with Gasteiger partial charge in [-0.25, -0.2) is 0 Å². The van der Waals surface area contributed by atoms with Crippen molar-refractivity contribution in [2.45, 2.75) is 54.1 Å². The van der Waals surface area contributed by atoms with E-state index in [1.807, 2.05) is 0 Å². The first-order valence-electron chi connectivity index (χ1n) is 8.13. The highest BCUT2D eigenvalue weighted by Crippen LogP contribution is 2.64. The van der Waals surface area contributed by atoms with Crippen LogP contribution in [0.1, 0.15) is 6.42 Å². The lowest BCUT2D eigenvalue weighted by atomic mass is 9.84. The Bertz CT molecular complexity index is 700. The molecular formula is C14H10F17IO. The van der Waals surface area contributed by atoms with Crippen molar-refractivity contribution in [2.24, 2.45) is 11.8 Å². The average Bonchev–Trinajstić information content (AvgIpc) is 3.06. The van der Waals surface area contributed by atoms with Crippen LogP contribution in [0, 0.1) is 11.8 Å². The number of hydrogen-bond donors (Lipinski definition) is 0. The SMILES string of the molecule is FC(F)(F)C(F)(F)C(F)(F)C(F)(F)C(F)(F)C(F)(F)C(F)(F)C(F)(F)C[C@H]1COC[C@@H]1CI. The molecule has 0 N–H and O–H groups in total. The Balaban J connectivity index is 3.50. The maximum atomic E-state index is 13.9. The van der Waals surface area contributed by atoms with Crippen LogP contribution in [0.4, 0.5) is 74.6 Å². The molecule has 1 rings (SSSR count). The molecule has 0 spiro atoms. The predicted octanol–water partition coefficient (Wildman–Crippen LogP) is 7.08. The van der Waals surface area contributed by atoms with E-state index < -0.39 is 72.5 Å². The molecule has 0 radical (unpaired) electrons. The number of rotatable bonds is 9. The van der Waals surface area contributed by atoms with Crippen molar-refractivity contribution in [1.29, 1.82) is 0 Å². The Morgan fingerprint density at radius 2 is 0.848 bits per heavy atom. The fraction of sp³-hybridized carbons (Fsp3) is 1.00. The third-order valence-electron chi connectivity index (χ3n) is 4.83. The monoisotopic (exact) mass is 644 g/mol. The second-order valence-electron chi connectivity index (χ2n) is 7.06. The zero-order chi connectivity index (χ0) is 26.7. The highest BCUT2D eigenvalue weighted by Gasteiger charge is 2.95. The predicted molar refractivity (Wildman–Crippen MR) is 82.0 cm³/mol. The molecule has 1 aliphatic rings. The molecule has 33 heavy (non-hydrogen) atoms. The molecule has 0 saturated carbocycles. The smallest absolute Gasteiger partial charge is 0.381 e. The van der Waals surface area contributed by atoms with E-state index in [9.17, 15) is 74.6 Å². The van der Waals surface area contributed by atoms with Crippen LogP contribution < -0.4 is 0 Å². The van der Waals surface area contributed by atoms with Crippen molar-refractivity contribution < 1.29 is 79.4 Å². The van der Waals surface area contributed by atoms with Crippen LogP contribution in [-0.2, 0) is 4.74 Å². The summed E-state index contributed by atoms with van der Waals surface area (Å²) in [5, 5.41) is 0. The number of halogens is 18. The second kappa shape index (κ2) is 8.56. The van der Waals surface area contributed by atoms with Crippen molar-refractivity contribution in [1.82, 2.24) is 0 Å². The second-order valence-corrected chi connectivity index (χ2v) is 7.95. The van der Waals surface area contributed by atoms with E-state index in [0.717, 1.165) is 0 Å². The minimum atomic E-state index is -8.59. The van der Waals surface area contributed by atoms with Crippen LogP contribution in [-0.4, -0.2) is 65.3 Å². The van der Waals surface area contributed by atoms with Gasteiger partial charge >= 0.3 is 47.6 Å². The van der Waals surface area contributed by atoms with Crippen LogP contribution in [0.3, 0.4) is 0 Å². The van der Waals surface area contributed by atoms with Crippen molar-refractivity contribution in [2.75, 3.05) is 17.6 Å². The zero-order valence-corrected chi connectivity index (χ0v) is 17.4. The van der Waals surface area contributed by atoms with Gasteiger partial charge in [0.2, 0.25) is 0 Å². The summed E-state index contributed by atoms with van der Waals surface area (Å²) >= 11 is 1.51. The van der Waals surface area contributed by atoms with Gasteiger partial charge in [-0.05, 0) is 11.8 Å². The van der Waals surface area contributed by atoms with Crippen molar-refractivity contribution in [3.63, 3.8) is 0 Å². The summed E-state index contributed by atoms with van der Waals surface area (Å²) in [5.41, 5.74) is 0. The van der Waals surface area contributed by atoms with E-state index in [0.29, 0.717) is 0 Å². The average molecular weight is 644 g/mol. The topological polar surface area (TPSA) is 9.23 Å². The summed E-state index contributed by atoms with van der Waals surface area (Å²) in [6.07, 6.45) is -10.2. The van der Waals surface area contributed by atoms with Gasteiger partial charge < -0.3 is 4.74 Å². The molecule has 1 heterocycles. The van der Waals surface area contributed by atoms with Crippen LogP contribution >= 0.6 is 22.6 Å². The fourth-order valence-corrected chi connectivity index (χ4v) is 3.67. The summed E-state index contributed by atoms with van der Waals surface area (Å²) in [6, 6.07) is 0. The molecule has 1 saturated heterocycles. The van der Waals surface area contributed by atoms with Crippen molar-refractivity contribution in [3.8, 4) is 0 Å². The van der Waals surface area contributed by atoms with E-state index in [1.165, 1.54) is 22.6 Å². The molecule has 198 valence electrons. The van der Waals surface area contributed by atoms with Gasteiger partial charge in [0, 0.05) is 17.5 Å². The normalized spacial score (nSPS) is 22.7. The molecule has 0 aromatic heterocycles. The van der Waals surface area contributed by atoms with E-state index >= 15 is 0 Å². The van der Waals surface area contributed by atoms with Gasteiger partial charge in [-0.2, -0.15) is 74.6 Å². The highest BCUT2D eigenvalue weighted by molar-refractivity contribution is 14.1. The highest BCUT2D eigenvalue weighted by atomic mass is 127. The molecule has 0 aromatic carbocycles. The maximum Gasteiger partial charge on any atom is 0.460 e. The Labute approximate surface area is 186 Å². The zero-order valence-electron chi connectivity index (χ0n) is 15.2. The summed E-state index contributed by atoms with van der Waals surface area (Å²) in [4.78, 5) is 0. The van der Waals surface area contributed by atoms with Gasteiger partial charge in [0.25, 0.3) is 0 Å². The molecule has 1 aliphatic heterocycles. The Morgan fingerprint density at radius 3 is 1.21 bits per heavy atom. The standard InChI is InChI=1S/C14H10F17IO/c15-7(16,1-5-3-33-4-6(5)2-32)8(17,18)9(19,20)10(21,22)11(23,24)12(25,26)13(27,28)14(29,30)31/h5-6H,1-4H2/t5-,6-/m0/s1. The van der Waals surface area contributed by atoms with Crippen LogP contribution in [0.2, 0.25) is 0 Å². The van der Waals surface area contributed by atoms with Gasteiger partial charge in [0.15, 0.2) is 0 Å². The Kier molecular flexibility index (Phi) is 7.92. The van der Waals surface area contributed by atoms with Crippen LogP contribution in [0.15, 0.2) is 0 Å². The van der Waals surface area contributed by atoms with Gasteiger partial charge in [-0.1, -0.05) is 22.6 Å². The van der Waals surface area contributed by atoms with E-state index in [1.54, 1.807) is 0 Å². The molecule has 0 bridgehead atoms. The third kappa shape index (κ3) is 4.34. The van der Waals surface area contributed by atoms with Crippen molar-refractivity contribution in [3.05, 3.63) is 0 Å². The fourth-order valence-electron chi connectivity index (χ4n) is 2.69. The Morgan fingerprint density at radius 1 is 0.515 bits per heavy atom. The molecule has 0 amide bonds. The van der Waals surface area contributed by atoms with Gasteiger partial charge in [0.05, 0.1) is 6.61 Å². The molecule has 2 atom stereocenters. The molecule has 0 aliphatic carbocycles. The van der Waals surface area contributed by atoms with E-state index in [-0.39, 0.29) is 11.0 Å². The lowest BCUT2D eigenvalue weighted by Crippen LogP contribution is -2.74. The first kappa shape index (κ1) is 30.5. The van der Waals surface area contributed by atoms with Gasteiger partial charge in [-0.3, -0.25) is 0 Å². The number of hydrogen-bond acceptors (Lipinski definition) is 1. The molecule has 1 nitrogen and oxygen atoms in total. The van der Waals surface area contributed by atoms with E-state index in [4.69, 9.17) is 0 Å². The molecular weight excluding hydrogens is 634 g/mol. The van der Waals surface area contributed by atoms with Crippen LogP contribution in [0.25, 0.3) is 0 Å². The summed E-state index contributed by atoms with van der Waals surface area (Å²) < 4.78 is 229. The van der Waals surface area contributed by atoms with Crippen molar-refractivity contribution >= 4 is 22.6 Å². The van der Waals surface area contributed by atoms with E-state index in [2.05, 4.69) is 4.74 Å². The summed E-state index contributed by atoms with van der Waals surface area (Å²) in [6.45, 7) is -1.17. The lowest BCUT2D eigenvalue weighted by molar-refractivity contribution is -0.462. The minimum Gasteiger partial charge on any atom is -0.381 e. The van der Waals surface area contributed by atoms with Crippen LogP contribution in [0.5, 0.6) is 0 Å². The molecule has 0 aromatic rings. The number of ether oxygens (including phenoxy) is 1. The lowest BCUT2D eigenvalue weighted by Gasteiger charge is -2.43. The number of alkyl halides is 18. The quantitative estimate of drug-likeness (QED) is 0.148.